The Balaban J connectivity index is 4.36. The van der Waals surface area contributed by atoms with Crippen molar-refractivity contribution in [2.45, 2.75) is 19.4 Å². The van der Waals surface area contributed by atoms with Gasteiger partial charge in [-0.15, -0.1) is 13.2 Å². The van der Waals surface area contributed by atoms with Crippen molar-refractivity contribution in [3.05, 3.63) is 25.3 Å². The molecule has 1 atom stereocenters. The first-order valence-electron chi connectivity index (χ1n) is 4.36. The highest BCUT2D eigenvalue weighted by molar-refractivity contribution is 5.73. The molecule has 0 aromatic rings. The van der Waals surface area contributed by atoms with Gasteiger partial charge in [0.1, 0.15) is 6.04 Å². The van der Waals surface area contributed by atoms with Crippen molar-refractivity contribution in [1.82, 2.24) is 4.90 Å². The number of hydrogen-bond donors (Lipinski definition) is 1. The molecule has 13 heavy (non-hydrogen) atoms. The third kappa shape index (κ3) is 3.90. The molecule has 0 aromatic carbocycles. The maximum absolute atomic E-state index is 10.8. The van der Waals surface area contributed by atoms with E-state index >= 15 is 0 Å². The maximum atomic E-state index is 10.8. The van der Waals surface area contributed by atoms with Gasteiger partial charge in [0.15, 0.2) is 0 Å². The molecule has 0 aromatic heterocycles. The Labute approximate surface area is 79.4 Å². The minimum Gasteiger partial charge on any atom is -0.480 e. The molecule has 0 saturated heterocycles. The van der Waals surface area contributed by atoms with Crippen LogP contribution in [0.25, 0.3) is 0 Å². The summed E-state index contributed by atoms with van der Waals surface area (Å²) in [6, 6.07) is -0.434. The molecule has 74 valence electrons. The Kier molecular flexibility index (Phi) is 5.89. The Bertz CT molecular complexity index is 179. The number of aliphatic carboxylic acids is 1. The molecule has 0 bridgehead atoms. The van der Waals surface area contributed by atoms with Gasteiger partial charge in [-0.3, -0.25) is 9.69 Å². The highest BCUT2D eigenvalue weighted by atomic mass is 16.4. The van der Waals surface area contributed by atoms with Gasteiger partial charge in [-0.05, 0) is 6.42 Å². The van der Waals surface area contributed by atoms with Crippen LogP contribution in [-0.2, 0) is 4.79 Å². The van der Waals surface area contributed by atoms with Crippen molar-refractivity contribution in [2.24, 2.45) is 0 Å². The fraction of sp³-hybridized carbons (Fsp3) is 0.500. The molecule has 0 radical (unpaired) electrons. The average Bonchev–Trinajstić information content (AvgIpc) is 2.05. The Hall–Kier alpha value is -1.09. The van der Waals surface area contributed by atoms with E-state index < -0.39 is 12.0 Å². The fourth-order valence-electron chi connectivity index (χ4n) is 1.25. The molecule has 0 fully saturated rings. The average molecular weight is 183 g/mol. The van der Waals surface area contributed by atoms with Crippen LogP contribution in [0.1, 0.15) is 13.3 Å². The molecule has 0 aliphatic rings. The first-order chi connectivity index (χ1) is 6.17. The SMILES string of the molecule is C=CCN(CC=C)C(CC)C(=O)O. The van der Waals surface area contributed by atoms with Crippen LogP contribution in [0.3, 0.4) is 0 Å². The molecule has 0 saturated carbocycles. The molecule has 0 amide bonds. The molecule has 0 spiro atoms. The van der Waals surface area contributed by atoms with E-state index in [4.69, 9.17) is 5.11 Å². The predicted octanol–water partition coefficient (Wildman–Crippen LogP) is 1.52. The number of nitrogens with zero attached hydrogens (tertiary/aromatic N) is 1. The van der Waals surface area contributed by atoms with Crippen LogP contribution in [-0.4, -0.2) is 35.1 Å². The van der Waals surface area contributed by atoms with Gasteiger partial charge in [0.2, 0.25) is 0 Å². The summed E-state index contributed by atoms with van der Waals surface area (Å²) in [6.07, 6.45) is 4.00. The zero-order chi connectivity index (χ0) is 10.3. The lowest BCUT2D eigenvalue weighted by Gasteiger charge is -2.25. The minimum atomic E-state index is -0.786. The third-order valence-corrected chi connectivity index (χ3v) is 1.84. The summed E-state index contributed by atoms with van der Waals surface area (Å²) in [6.45, 7) is 10.2. The molecule has 0 heterocycles. The van der Waals surface area contributed by atoms with Crippen molar-refractivity contribution in [3.63, 3.8) is 0 Å². The van der Waals surface area contributed by atoms with Crippen LogP contribution >= 0.6 is 0 Å². The number of carboxylic acid groups (broad SMARTS) is 1. The van der Waals surface area contributed by atoms with Crippen LogP contribution in [0.2, 0.25) is 0 Å². The van der Waals surface area contributed by atoms with Crippen molar-refractivity contribution < 1.29 is 9.90 Å². The molecule has 3 heteroatoms. The second-order valence-corrected chi connectivity index (χ2v) is 2.79. The highest BCUT2D eigenvalue weighted by Gasteiger charge is 2.21. The lowest BCUT2D eigenvalue weighted by atomic mass is 10.2. The van der Waals surface area contributed by atoms with Crippen molar-refractivity contribution in [3.8, 4) is 0 Å². The van der Waals surface area contributed by atoms with E-state index in [-0.39, 0.29) is 0 Å². The summed E-state index contributed by atoms with van der Waals surface area (Å²) in [5, 5.41) is 8.89. The Morgan fingerprint density at radius 3 is 2.15 bits per heavy atom. The zero-order valence-corrected chi connectivity index (χ0v) is 8.07. The predicted molar refractivity (Wildman–Crippen MR) is 53.7 cm³/mol. The van der Waals surface area contributed by atoms with E-state index in [0.717, 1.165) is 0 Å². The largest absolute Gasteiger partial charge is 0.480 e. The molecule has 0 rings (SSSR count). The van der Waals surface area contributed by atoms with Gasteiger partial charge < -0.3 is 5.11 Å². The van der Waals surface area contributed by atoms with E-state index in [0.29, 0.717) is 19.5 Å². The van der Waals surface area contributed by atoms with Crippen LogP contribution in [0, 0.1) is 0 Å². The zero-order valence-electron chi connectivity index (χ0n) is 8.07. The second kappa shape index (κ2) is 6.43. The monoisotopic (exact) mass is 183 g/mol. The van der Waals surface area contributed by atoms with E-state index in [1.165, 1.54) is 0 Å². The van der Waals surface area contributed by atoms with Crippen molar-refractivity contribution in [2.75, 3.05) is 13.1 Å². The quantitative estimate of drug-likeness (QED) is 0.608. The van der Waals surface area contributed by atoms with E-state index in [1.807, 2.05) is 11.8 Å². The van der Waals surface area contributed by atoms with Crippen LogP contribution in [0.4, 0.5) is 0 Å². The highest BCUT2D eigenvalue weighted by Crippen LogP contribution is 2.04. The molecular weight excluding hydrogens is 166 g/mol. The van der Waals surface area contributed by atoms with Crippen LogP contribution in [0.5, 0.6) is 0 Å². The molecule has 3 nitrogen and oxygen atoms in total. The molecule has 1 unspecified atom stereocenters. The topological polar surface area (TPSA) is 40.5 Å². The molecule has 0 aliphatic heterocycles. The smallest absolute Gasteiger partial charge is 0.320 e. The van der Waals surface area contributed by atoms with Gasteiger partial charge in [0.25, 0.3) is 0 Å². The second-order valence-electron chi connectivity index (χ2n) is 2.79. The van der Waals surface area contributed by atoms with Crippen molar-refractivity contribution in [1.29, 1.82) is 0 Å². The lowest BCUT2D eigenvalue weighted by molar-refractivity contribution is -0.143. The lowest BCUT2D eigenvalue weighted by Crippen LogP contribution is -2.40. The first-order valence-corrected chi connectivity index (χ1v) is 4.36. The summed E-state index contributed by atoms with van der Waals surface area (Å²) < 4.78 is 0. The summed E-state index contributed by atoms with van der Waals surface area (Å²) in [7, 11) is 0. The van der Waals surface area contributed by atoms with Gasteiger partial charge in [-0.1, -0.05) is 19.1 Å². The van der Waals surface area contributed by atoms with E-state index in [1.54, 1.807) is 12.2 Å². The summed E-state index contributed by atoms with van der Waals surface area (Å²) >= 11 is 0. The van der Waals surface area contributed by atoms with Gasteiger partial charge in [0, 0.05) is 13.1 Å². The molecule has 1 N–H and O–H groups in total. The molecule has 0 aliphatic carbocycles. The number of carbonyl (C=O) groups is 1. The van der Waals surface area contributed by atoms with Crippen molar-refractivity contribution >= 4 is 5.97 Å². The molecular formula is C10H17NO2. The normalized spacial score (nSPS) is 12.5. The Morgan fingerprint density at radius 2 is 1.92 bits per heavy atom. The number of carboxylic acids is 1. The summed E-state index contributed by atoms with van der Waals surface area (Å²) in [5.41, 5.74) is 0. The summed E-state index contributed by atoms with van der Waals surface area (Å²) in [5.74, 6) is -0.786. The van der Waals surface area contributed by atoms with E-state index in [9.17, 15) is 4.79 Å². The third-order valence-electron chi connectivity index (χ3n) is 1.84. The van der Waals surface area contributed by atoms with Gasteiger partial charge in [-0.2, -0.15) is 0 Å². The first kappa shape index (κ1) is 11.9. The van der Waals surface area contributed by atoms with Gasteiger partial charge >= 0.3 is 5.97 Å². The number of hydrogen-bond acceptors (Lipinski definition) is 2. The van der Waals surface area contributed by atoms with Gasteiger partial charge in [-0.25, -0.2) is 0 Å². The maximum Gasteiger partial charge on any atom is 0.320 e. The van der Waals surface area contributed by atoms with Crippen LogP contribution < -0.4 is 0 Å². The van der Waals surface area contributed by atoms with Crippen LogP contribution in [0.15, 0.2) is 25.3 Å². The fourth-order valence-corrected chi connectivity index (χ4v) is 1.25. The summed E-state index contributed by atoms with van der Waals surface area (Å²) in [4.78, 5) is 12.6. The minimum absolute atomic E-state index is 0.434. The van der Waals surface area contributed by atoms with Gasteiger partial charge in [0.05, 0.1) is 0 Å². The number of rotatable bonds is 7. The Morgan fingerprint density at radius 1 is 1.46 bits per heavy atom. The van der Waals surface area contributed by atoms with E-state index in [2.05, 4.69) is 13.2 Å². The standard InChI is InChI=1S/C10H17NO2/c1-4-7-11(8-5-2)9(6-3)10(12)13/h4-5,9H,1-2,6-8H2,3H3,(H,12,13).